The van der Waals surface area contributed by atoms with Crippen LogP contribution in [0.15, 0.2) is 241 Å². The van der Waals surface area contributed by atoms with Gasteiger partial charge in [-0.25, -0.2) is 0 Å². The molecule has 0 spiro atoms. The molecule has 0 aliphatic carbocycles. The molecule has 0 saturated heterocycles. The Kier molecular flexibility index (Phi) is 9.27. The van der Waals surface area contributed by atoms with Gasteiger partial charge in [0, 0.05) is 28.0 Å². The Morgan fingerprint density at radius 2 is 0.638 bits per heavy atom. The lowest BCUT2D eigenvalue weighted by Gasteiger charge is -2.27. The quantitative estimate of drug-likeness (QED) is 0.146. The number of furan rings is 1. The van der Waals surface area contributed by atoms with Crippen molar-refractivity contribution in [2.75, 3.05) is 4.90 Å². The van der Waals surface area contributed by atoms with Crippen molar-refractivity contribution >= 4 is 28.0 Å². The lowest BCUT2D eigenvalue weighted by Crippen LogP contribution is -2.10. The Hall–Kier alpha value is -7.68. The summed E-state index contributed by atoms with van der Waals surface area (Å²) in [6, 6.07) is 84.4. The monoisotopic (exact) mass is 741 g/mol. The topological polar surface area (TPSA) is 16.4 Å². The van der Waals surface area contributed by atoms with Crippen LogP contribution in [0.5, 0.6) is 0 Å². The predicted octanol–water partition coefficient (Wildman–Crippen LogP) is 15.9. The molecule has 0 N–H and O–H groups in total. The van der Waals surface area contributed by atoms with Gasteiger partial charge in [-0.3, -0.25) is 0 Å². The van der Waals surface area contributed by atoms with E-state index >= 15 is 0 Å². The third-order valence-electron chi connectivity index (χ3n) is 10.8. The number of anilines is 3. The van der Waals surface area contributed by atoms with Gasteiger partial charge in [-0.15, -0.1) is 0 Å². The second kappa shape index (κ2) is 15.5. The van der Waals surface area contributed by atoms with Crippen molar-refractivity contribution in [3.63, 3.8) is 0 Å². The van der Waals surface area contributed by atoms with Gasteiger partial charge in [-0.05, 0) is 128 Å². The van der Waals surface area contributed by atoms with Gasteiger partial charge in [-0.2, -0.15) is 0 Å². The van der Waals surface area contributed by atoms with Crippen molar-refractivity contribution in [3.8, 4) is 67.0 Å². The zero-order chi connectivity index (χ0) is 38.7. The molecule has 2 heteroatoms. The van der Waals surface area contributed by atoms with Crippen LogP contribution in [0.2, 0.25) is 0 Å². The van der Waals surface area contributed by atoms with E-state index in [4.69, 9.17) is 4.42 Å². The average molecular weight is 742 g/mol. The van der Waals surface area contributed by atoms with Crippen molar-refractivity contribution in [2.45, 2.75) is 0 Å². The van der Waals surface area contributed by atoms with Crippen LogP contribution in [0.1, 0.15) is 0 Å². The first-order valence-corrected chi connectivity index (χ1v) is 19.7. The fourth-order valence-corrected chi connectivity index (χ4v) is 7.90. The van der Waals surface area contributed by atoms with Crippen LogP contribution >= 0.6 is 0 Å². The van der Waals surface area contributed by atoms with E-state index < -0.39 is 0 Å². The highest BCUT2D eigenvalue weighted by Gasteiger charge is 2.18. The van der Waals surface area contributed by atoms with Crippen LogP contribution in [0.3, 0.4) is 0 Å². The van der Waals surface area contributed by atoms with Gasteiger partial charge in [0.05, 0.1) is 0 Å². The predicted molar refractivity (Wildman–Crippen MR) is 244 cm³/mol. The van der Waals surface area contributed by atoms with Crippen molar-refractivity contribution in [3.05, 3.63) is 237 Å². The first-order valence-electron chi connectivity index (χ1n) is 19.7. The summed E-state index contributed by atoms with van der Waals surface area (Å²) in [5, 5.41) is 1.09. The molecule has 0 aliphatic heterocycles. The van der Waals surface area contributed by atoms with Gasteiger partial charge >= 0.3 is 0 Å². The zero-order valence-electron chi connectivity index (χ0n) is 31.9. The first kappa shape index (κ1) is 34.8. The average Bonchev–Trinajstić information content (AvgIpc) is 3.75. The van der Waals surface area contributed by atoms with E-state index in [0.29, 0.717) is 0 Å². The maximum atomic E-state index is 6.38. The number of hydrogen-bond acceptors (Lipinski definition) is 2. The van der Waals surface area contributed by atoms with Crippen LogP contribution in [0, 0.1) is 0 Å². The smallest absolute Gasteiger partial charge is 0.135 e. The van der Waals surface area contributed by atoms with Crippen molar-refractivity contribution in [1.29, 1.82) is 0 Å². The number of para-hydroxylation sites is 1. The second-order valence-electron chi connectivity index (χ2n) is 14.6. The minimum absolute atomic E-state index is 0.842. The SMILES string of the molecule is c1ccc(-c2cc(-c3ccccc3)cc(-c3ccc(N(c4cc(-c5ccccc5)cc(-c5ccccc5)c4)c4cccc(-c5cc6ccccc6o5)c4)cc3)c2)cc1. The number of fused-ring (bicyclic) bond motifs is 1. The Labute approximate surface area is 339 Å². The highest BCUT2D eigenvalue weighted by Crippen LogP contribution is 2.42. The van der Waals surface area contributed by atoms with Gasteiger partial charge in [0.25, 0.3) is 0 Å². The molecular weight excluding hydrogens is 703 g/mol. The van der Waals surface area contributed by atoms with E-state index in [9.17, 15) is 0 Å². The van der Waals surface area contributed by atoms with Gasteiger partial charge in [0.2, 0.25) is 0 Å². The molecule has 1 aromatic heterocycles. The lowest BCUT2D eigenvalue weighted by atomic mass is 9.93. The third-order valence-corrected chi connectivity index (χ3v) is 10.8. The molecule has 0 amide bonds. The highest BCUT2D eigenvalue weighted by molar-refractivity contribution is 5.89. The summed E-state index contributed by atoms with van der Waals surface area (Å²) < 4.78 is 6.38. The maximum absolute atomic E-state index is 6.38. The summed E-state index contributed by atoms with van der Waals surface area (Å²) in [5.74, 6) is 0.842. The molecule has 274 valence electrons. The normalized spacial score (nSPS) is 11.1. The summed E-state index contributed by atoms with van der Waals surface area (Å²) in [7, 11) is 0. The molecule has 10 aromatic rings. The molecule has 0 saturated carbocycles. The van der Waals surface area contributed by atoms with E-state index in [1.807, 2.05) is 18.2 Å². The van der Waals surface area contributed by atoms with Crippen molar-refractivity contribution < 1.29 is 4.42 Å². The molecule has 9 aromatic carbocycles. The fourth-order valence-electron chi connectivity index (χ4n) is 7.90. The second-order valence-corrected chi connectivity index (χ2v) is 14.6. The standard InChI is InChI=1S/C56H39NO/c1-5-16-40(17-6-1)47-32-48(41-18-7-2-8-19-41)34-49(33-47)44-28-30-52(31-29-44)57(53-26-15-25-45(36-53)56-39-46-24-13-14-27-55(46)58-56)54-37-50(42-20-9-3-10-21-42)35-51(38-54)43-22-11-4-12-23-43/h1-39H. The van der Waals surface area contributed by atoms with E-state index in [1.165, 1.54) is 38.9 Å². The molecule has 0 radical (unpaired) electrons. The Bertz CT molecular complexity index is 2820. The largest absolute Gasteiger partial charge is 0.456 e. The molecule has 0 fully saturated rings. The summed E-state index contributed by atoms with van der Waals surface area (Å²) in [6.07, 6.45) is 0. The summed E-state index contributed by atoms with van der Waals surface area (Å²) in [6.45, 7) is 0. The van der Waals surface area contributed by atoms with E-state index in [0.717, 1.165) is 56.0 Å². The van der Waals surface area contributed by atoms with Crippen LogP contribution in [-0.4, -0.2) is 0 Å². The van der Waals surface area contributed by atoms with E-state index in [-0.39, 0.29) is 0 Å². The van der Waals surface area contributed by atoms with Crippen LogP contribution in [-0.2, 0) is 0 Å². The van der Waals surface area contributed by atoms with Gasteiger partial charge in [0.15, 0.2) is 0 Å². The Balaban J connectivity index is 1.13. The van der Waals surface area contributed by atoms with E-state index in [1.54, 1.807) is 0 Å². The van der Waals surface area contributed by atoms with Gasteiger partial charge < -0.3 is 9.32 Å². The zero-order valence-corrected chi connectivity index (χ0v) is 31.9. The van der Waals surface area contributed by atoms with E-state index in [2.05, 4.69) is 223 Å². The minimum Gasteiger partial charge on any atom is -0.456 e. The van der Waals surface area contributed by atoms with Crippen LogP contribution < -0.4 is 4.90 Å². The molecule has 1 heterocycles. The fraction of sp³-hybridized carbons (Fsp3) is 0. The van der Waals surface area contributed by atoms with Crippen LogP contribution in [0.4, 0.5) is 17.1 Å². The van der Waals surface area contributed by atoms with Crippen molar-refractivity contribution in [2.24, 2.45) is 0 Å². The maximum Gasteiger partial charge on any atom is 0.135 e. The van der Waals surface area contributed by atoms with Crippen LogP contribution in [0.25, 0.3) is 77.9 Å². The molecule has 0 unspecified atom stereocenters. The molecule has 0 bridgehead atoms. The summed E-state index contributed by atoms with van der Waals surface area (Å²) in [5.41, 5.74) is 16.8. The Morgan fingerprint density at radius 3 is 1.12 bits per heavy atom. The number of rotatable bonds is 9. The minimum atomic E-state index is 0.842. The number of nitrogens with zero attached hydrogens (tertiary/aromatic N) is 1. The Morgan fingerprint density at radius 1 is 0.241 bits per heavy atom. The van der Waals surface area contributed by atoms with Crippen molar-refractivity contribution in [1.82, 2.24) is 0 Å². The number of hydrogen-bond donors (Lipinski definition) is 0. The number of benzene rings is 9. The molecule has 2 nitrogen and oxygen atoms in total. The summed E-state index contributed by atoms with van der Waals surface area (Å²) >= 11 is 0. The van der Waals surface area contributed by atoms with Gasteiger partial charge in [-0.1, -0.05) is 164 Å². The lowest BCUT2D eigenvalue weighted by molar-refractivity contribution is 0.631. The highest BCUT2D eigenvalue weighted by atomic mass is 16.3. The molecule has 58 heavy (non-hydrogen) atoms. The third kappa shape index (κ3) is 7.11. The summed E-state index contributed by atoms with van der Waals surface area (Å²) in [4.78, 5) is 2.37. The molecular formula is C56H39NO. The molecule has 0 aliphatic rings. The first-order chi connectivity index (χ1) is 28.7. The molecule has 10 rings (SSSR count). The molecule has 0 atom stereocenters. The van der Waals surface area contributed by atoms with Gasteiger partial charge in [0.1, 0.15) is 11.3 Å².